The third-order valence-electron chi connectivity index (χ3n) is 3.63. The minimum atomic E-state index is 0.795. The molecule has 0 radical (unpaired) electrons. The topological polar surface area (TPSA) is 29.9 Å². The Morgan fingerprint density at radius 3 is 2.72 bits per heavy atom. The van der Waals surface area contributed by atoms with E-state index in [-0.39, 0.29) is 0 Å². The van der Waals surface area contributed by atoms with E-state index < -0.39 is 0 Å². The van der Waals surface area contributed by atoms with Crippen molar-refractivity contribution in [2.24, 2.45) is 5.92 Å². The molecule has 3 nitrogen and oxygen atoms in total. The molecule has 2 heterocycles. The molecule has 1 N–H and O–H groups in total. The Bertz CT molecular complexity index is 483. The number of imidazole rings is 1. The fraction of sp³-hybridized carbons (Fsp3) is 0.400. The van der Waals surface area contributed by atoms with Crippen LogP contribution in [0.25, 0.3) is 11.3 Å². The van der Waals surface area contributed by atoms with E-state index in [1.165, 1.54) is 18.4 Å². The average molecular weight is 241 g/mol. The summed E-state index contributed by atoms with van der Waals surface area (Å²) in [7, 11) is 0. The number of rotatable bonds is 3. The van der Waals surface area contributed by atoms with Crippen LogP contribution in [0.5, 0.6) is 0 Å². The molecule has 1 aromatic heterocycles. The number of benzene rings is 1. The lowest BCUT2D eigenvalue weighted by Gasteiger charge is -2.22. The van der Waals surface area contributed by atoms with Crippen molar-refractivity contribution < 1.29 is 0 Å². The van der Waals surface area contributed by atoms with Crippen molar-refractivity contribution in [2.75, 3.05) is 13.1 Å². The maximum atomic E-state index is 4.50. The zero-order chi connectivity index (χ0) is 12.2. The van der Waals surface area contributed by atoms with Crippen molar-refractivity contribution in [3.8, 4) is 11.3 Å². The monoisotopic (exact) mass is 241 g/mol. The van der Waals surface area contributed by atoms with E-state index in [1.807, 2.05) is 12.4 Å². The summed E-state index contributed by atoms with van der Waals surface area (Å²) in [4.78, 5) is 4.50. The van der Waals surface area contributed by atoms with Gasteiger partial charge in [0.2, 0.25) is 0 Å². The van der Waals surface area contributed by atoms with Crippen molar-refractivity contribution in [1.82, 2.24) is 14.9 Å². The summed E-state index contributed by atoms with van der Waals surface area (Å²) >= 11 is 0. The molecule has 0 atom stereocenters. The van der Waals surface area contributed by atoms with Crippen LogP contribution in [0.4, 0.5) is 0 Å². The molecule has 94 valence electrons. The second-order valence-electron chi connectivity index (χ2n) is 5.02. The molecule has 2 aromatic rings. The van der Waals surface area contributed by atoms with E-state index in [0.29, 0.717) is 0 Å². The predicted octanol–water partition coefficient (Wildman–Crippen LogP) is 2.55. The summed E-state index contributed by atoms with van der Waals surface area (Å²) in [6.07, 6.45) is 6.68. The van der Waals surface area contributed by atoms with Crippen LogP contribution in [0.3, 0.4) is 0 Å². The number of nitrogens with zero attached hydrogens (tertiary/aromatic N) is 2. The van der Waals surface area contributed by atoms with Gasteiger partial charge in [0.1, 0.15) is 0 Å². The highest BCUT2D eigenvalue weighted by atomic mass is 15.0. The van der Waals surface area contributed by atoms with Crippen LogP contribution < -0.4 is 5.32 Å². The summed E-state index contributed by atoms with van der Waals surface area (Å²) in [5.41, 5.74) is 2.27. The SMILES string of the molecule is c1ccc(-c2cn(CC3CCNCC3)cn2)cc1. The molecule has 0 bridgehead atoms. The number of aromatic nitrogens is 2. The molecule has 3 heteroatoms. The number of piperidine rings is 1. The molecule has 0 saturated carbocycles. The van der Waals surface area contributed by atoms with E-state index in [0.717, 1.165) is 31.2 Å². The van der Waals surface area contributed by atoms with Crippen LogP contribution in [-0.2, 0) is 6.54 Å². The second kappa shape index (κ2) is 5.36. The highest BCUT2D eigenvalue weighted by Gasteiger charge is 2.13. The van der Waals surface area contributed by atoms with Crippen molar-refractivity contribution in [1.29, 1.82) is 0 Å². The van der Waals surface area contributed by atoms with Gasteiger partial charge in [0.15, 0.2) is 0 Å². The third kappa shape index (κ3) is 2.62. The first-order valence-electron chi connectivity index (χ1n) is 6.70. The van der Waals surface area contributed by atoms with Gasteiger partial charge in [-0.2, -0.15) is 0 Å². The van der Waals surface area contributed by atoms with Gasteiger partial charge < -0.3 is 9.88 Å². The van der Waals surface area contributed by atoms with E-state index in [2.05, 4.69) is 45.3 Å². The second-order valence-corrected chi connectivity index (χ2v) is 5.02. The standard InChI is InChI=1S/C15H19N3/c1-2-4-14(5-3-1)15-11-18(12-17-15)10-13-6-8-16-9-7-13/h1-5,11-13,16H,6-10H2. The van der Waals surface area contributed by atoms with E-state index >= 15 is 0 Å². The zero-order valence-corrected chi connectivity index (χ0v) is 10.5. The smallest absolute Gasteiger partial charge is 0.0953 e. The Morgan fingerprint density at radius 2 is 1.94 bits per heavy atom. The van der Waals surface area contributed by atoms with Gasteiger partial charge in [-0.25, -0.2) is 4.98 Å². The molecule has 0 unspecified atom stereocenters. The van der Waals surface area contributed by atoms with Crippen molar-refractivity contribution in [2.45, 2.75) is 19.4 Å². The first kappa shape index (κ1) is 11.5. The molecule has 0 amide bonds. The minimum absolute atomic E-state index is 0.795. The Labute approximate surface area is 108 Å². The van der Waals surface area contributed by atoms with Gasteiger partial charge in [0.05, 0.1) is 12.0 Å². The largest absolute Gasteiger partial charge is 0.337 e. The quantitative estimate of drug-likeness (QED) is 0.895. The Kier molecular flexibility index (Phi) is 3.42. The summed E-state index contributed by atoms with van der Waals surface area (Å²) in [6.45, 7) is 3.41. The van der Waals surface area contributed by atoms with Gasteiger partial charge in [-0.15, -0.1) is 0 Å². The predicted molar refractivity (Wildman–Crippen MR) is 73.3 cm³/mol. The van der Waals surface area contributed by atoms with Crippen LogP contribution in [-0.4, -0.2) is 22.6 Å². The molecule has 1 saturated heterocycles. The van der Waals surface area contributed by atoms with Crippen molar-refractivity contribution in [3.63, 3.8) is 0 Å². The molecule has 0 aliphatic carbocycles. The lowest BCUT2D eigenvalue weighted by Crippen LogP contribution is -2.29. The van der Waals surface area contributed by atoms with Crippen LogP contribution >= 0.6 is 0 Å². The Morgan fingerprint density at radius 1 is 1.17 bits per heavy atom. The highest BCUT2D eigenvalue weighted by molar-refractivity contribution is 5.57. The average Bonchev–Trinajstić information content (AvgIpc) is 2.89. The third-order valence-corrected chi connectivity index (χ3v) is 3.63. The maximum absolute atomic E-state index is 4.50. The molecule has 1 aliphatic rings. The first-order chi connectivity index (χ1) is 8.92. The number of hydrogen-bond donors (Lipinski definition) is 1. The molecule has 3 rings (SSSR count). The van der Waals surface area contributed by atoms with Gasteiger partial charge in [-0.05, 0) is 31.8 Å². The summed E-state index contributed by atoms with van der Waals surface area (Å²) in [5.74, 6) is 0.795. The van der Waals surface area contributed by atoms with Gasteiger partial charge >= 0.3 is 0 Å². The normalized spacial score (nSPS) is 16.9. The molecule has 18 heavy (non-hydrogen) atoms. The fourth-order valence-electron chi connectivity index (χ4n) is 2.58. The molecular weight excluding hydrogens is 222 g/mol. The minimum Gasteiger partial charge on any atom is -0.337 e. The van der Waals surface area contributed by atoms with Crippen LogP contribution in [0, 0.1) is 5.92 Å². The first-order valence-corrected chi connectivity index (χ1v) is 6.70. The molecule has 0 spiro atoms. The Hall–Kier alpha value is -1.61. The van der Waals surface area contributed by atoms with E-state index in [9.17, 15) is 0 Å². The van der Waals surface area contributed by atoms with Crippen LogP contribution in [0.2, 0.25) is 0 Å². The summed E-state index contributed by atoms with van der Waals surface area (Å²) in [6, 6.07) is 10.4. The summed E-state index contributed by atoms with van der Waals surface area (Å²) < 4.78 is 2.23. The molecular formula is C15H19N3. The zero-order valence-electron chi connectivity index (χ0n) is 10.5. The molecule has 1 fully saturated rings. The van der Waals surface area contributed by atoms with E-state index in [4.69, 9.17) is 0 Å². The highest BCUT2D eigenvalue weighted by Crippen LogP contribution is 2.19. The maximum Gasteiger partial charge on any atom is 0.0953 e. The summed E-state index contributed by atoms with van der Waals surface area (Å²) in [5, 5.41) is 3.41. The van der Waals surface area contributed by atoms with Gasteiger partial charge in [-0.1, -0.05) is 30.3 Å². The number of hydrogen-bond acceptors (Lipinski definition) is 2. The van der Waals surface area contributed by atoms with E-state index in [1.54, 1.807) is 0 Å². The lowest BCUT2D eigenvalue weighted by molar-refractivity contribution is 0.333. The van der Waals surface area contributed by atoms with Crippen LogP contribution in [0.1, 0.15) is 12.8 Å². The molecule has 1 aromatic carbocycles. The number of nitrogens with one attached hydrogen (secondary N) is 1. The van der Waals surface area contributed by atoms with Crippen LogP contribution in [0.15, 0.2) is 42.9 Å². The fourth-order valence-corrected chi connectivity index (χ4v) is 2.58. The van der Waals surface area contributed by atoms with Gasteiger partial charge in [-0.3, -0.25) is 0 Å². The van der Waals surface area contributed by atoms with Gasteiger partial charge in [0.25, 0.3) is 0 Å². The lowest BCUT2D eigenvalue weighted by atomic mass is 9.98. The van der Waals surface area contributed by atoms with Crippen molar-refractivity contribution >= 4 is 0 Å². The van der Waals surface area contributed by atoms with Crippen molar-refractivity contribution in [3.05, 3.63) is 42.9 Å². The van der Waals surface area contributed by atoms with Gasteiger partial charge in [0, 0.05) is 18.3 Å². The Balaban J connectivity index is 1.69. The molecule has 1 aliphatic heterocycles.